The molecule has 0 radical (unpaired) electrons. The van der Waals surface area contributed by atoms with Crippen LogP contribution in [0.4, 0.5) is 4.39 Å². The van der Waals surface area contributed by atoms with Gasteiger partial charge in [-0.25, -0.2) is 4.39 Å². The lowest BCUT2D eigenvalue weighted by molar-refractivity contribution is 0.0683. The van der Waals surface area contributed by atoms with Crippen molar-refractivity contribution in [2.24, 2.45) is 5.73 Å². The van der Waals surface area contributed by atoms with Crippen LogP contribution >= 0.6 is 0 Å². The molecule has 1 unspecified atom stereocenters. The summed E-state index contributed by atoms with van der Waals surface area (Å²) < 4.78 is 18.4. The Morgan fingerprint density at radius 2 is 2.07 bits per heavy atom. The van der Waals surface area contributed by atoms with E-state index in [0.717, 1.165) is 5.56 Å². The number of halogens is 1. The van der Waals surface area contributed by atoms with Gasteiger partial charge in [-0.3, -0.25) is 0 Å². The number of hydrogen-bond donors (Lipinski definition) is 1. The molecular formula is C12H18FNO. The van der Waals surface area contributed by atoms with Gasteiger partial charge in [0.1, 0.15) is 5.82 Å². The van der Waals surface area contributed by atoms with Crippen molar-refractivity contribution in [1.29, 1.82) is 0 Å². The van der Waals surface area contributed by atoms with E-state index >= 15 is 0 Å². The summed E-state index contributed by atoms with van der Waals surface area (Å²) in [6.07, 6.45) is 0.164. The van der Waals surface area contributed by atoms with Crippen LogP contribution in [0.5, 0.6) is 0 Å². The first-order chi connectivity index (χ1) is 7.00. The Hall–Kier alpha value is -0.930. The Bertz CT molecular complexity index is 325. The maximum atomic E-state index is 13.0. The quantitative estimate of drug-likeness (QED) is 0.830. The van der Waals surface area contributed by atoms with E-state index in [9.17, 15) is 4.39 Å². The minimum absolute atomic E-state index is 0.164. The van der Waals surface area contributed by atoms with Crippen LogP contribution in [0.2, 0.25) is 0 Å². The molecule has 0 fully saturated rings. The van der Waals surface area contributed by atoms with Gasteiger partial charge in [0.15, 0.2) is 0 Å². The van der Waals surface area contributed by atoms with Crippen LogP contribution in [0.25, 0.3) is 0 Å². The van der Waals surface area contributed by atoms with E-state index in [1.807, 2.05) is 13.8 Å². The van der Waals surface area contributed by atoms with Gasteiger partial charge in [-0.2, -0.15) is 0 Å². The summed E-state index contributed by atoms with van der Waals surface area (Å²) in [7, 11) is 0. The van der Waals surface area contributed by atoms with Crippen LogP contribution in [0.1, 0.15) is 31.0 Å². The van der Waals surface area contributed by atoms with E-state index in [1.165, 1.54) is 6.07 Å². The summed E-state index contributed by atoms with van der Waals surface area (Å²) >= 11 is 0. The van der Waals surface area contributed by atoms with E-state index in [2.05, 4.69) is 0 Å². The monoisotopic (exact) mass is 211 g/mol. The fourth-order valence-electron chi connectivity index (χ4n) is 1.29. The average molecular weight is 211 g/mol. The molecule has 15 heavy (non-hydrogen) atoms. The van der Waals surface area contributed by atoms with Gasteiger partial charge >= 0.3 is 0 Å². The molecule has 0 aliphatic carbocycles. The fourth-order valence-corrected chi connectivity index (χ4v) is 1.29. The Kier molecular flexibility index (Phi) is 4.24. The normalized spacial score (nSPS) is 13.2. The molecule has 0 spiro atoms. The second-order valence-electron chi connectivity index (χ2n) is 4.00. The van der Waals surface area contributed by atoms with E-state index in [-0.39, 0.29) is 18.0 Å². The zero-order valence-corrected chi connectivity index (χ0v) is 9.46. The molecule has 1 atom stereocenters. The third-order valence-corrected chi connectivity index (χ3v) is 2.22. The smallest absolute Gasteiger partial charge is 0.126 e. The molecule has 0 bridgehead atoms. The highest BCUT2D eigenvalue weighted by Gasteiger charge is 2.08. The third kappa shape index (κ3) is 3.61. The van der Waals surface area contributed by atoms with Crippen LogP contribution < -0.4 is 5.73 Å². The number of aryl methyl sites for hydroxylation is 1. The van der Waals surface area contributed by atoms with Gasteiger partial charge in [-0.15, -0.1) is 0 Å². The summed E-state index contributed by atoms with van der Waals surface area (Å²) in [5.41, 5.74) is 7.44. The van der Waals surface area contributed by atoms with Gasteiger partial charge in [-0.1, -0.05) is 12.1 Å². The van der Waals surface area contributed by atoms with Crippen molar-refractivity contribution in [3.8, 4) is 0 Å². The maximum Gasteiger partial charge on any atom is 0.126 e. The first kappa shape index (κ1) is 12.1. The molecule has 3 heteroatoms. The Balaban J connectivity index is 2.65. The van der Waals surface area contributed by atoms with Crippen LogP contribution in [-0.4, -0.2) is 12.7 Å². The lowest BCUT2D eigenvalue weighted by Gasteiger charge is -2.15. The number of hydrogen-bond acceptors (Lipinski definition) is 2. The molecule has 1 aromatic carbocycles. The fraction of sp³-hybridized carbons (Fsp3) is 0.500. The molecule has 0 aromatic heterocycles. The van der Waals surface area contributed by atoms with Gasteiger partial charge in [-0.05, 0) is 38.0 Å². The summed E-state index contributed by atoms with van der Waals surface area (Å²) in [6.45, 7) is 6.11. The zero-order valence-electron chi connectivity index (χ0n) is 9.46. The number of rotatable bonds is 4. The molecule has 0 saturated heterocycles. The standard InChI is InChI=1S/C12H18FNO/c1-8(2)15-7-12(14)10-4-5-11(13)9(3)6-10/h4-6,8,12H,7,14H2,1-3H3. The molecule has 0 heterocycles. The van der Waals surface area contributed by atoms with Gasteiger partial charge in [0, 0.05) is 0 Å². The minimum Gasteiger partial charge on any atom is -0.377 e. The van der Waals surface area contributed by atoms with Crippen molar-refractivity contribution in [2.75, 3.05) is 6.61 Å². The van der Waals surface area contributed by atoms with Crippen molar-refractivity contribution < 1.29 is 9.13 Å². The zero-order chi connectivity index (χ0) is 11.4. The van der Waals surface area contributed by atoms with Crippen LogP contribution in [-0.2, 0) is 4.74 Å². The van der Waals surface area contributed by atoms with Gasteiger partial charge in [0.2, 0.25) is 0 Å². The second-order valence-corrected chi connectivity index (χ2v) is 4.00. The van der Waals surface area contributed by atoms with Gasteiger partial charge in [0.25, 0.3) is 0 Å². The molecule has 0 amide bonds. The lowest BCUT2D eigenvalue weighted by atomic mass is 10.1. The highest BCUT2D eigenvalue weighted by molar-refractivity contribution is 5.26. The Morgan fingerprint density at radius 3 is 2.60 bits per heavy atom. The highest BCUT2D eigenvalue weighted by Crippen LogP contribution is 2.15. The first-order valence-corrected chi connectivity index (χ1v) is 5.14. The SMILES string of the molecule is Cc1cc(C(N)COC(C)C)ccc1F. The van der Waals surface area contributed by atoms with Crippen molar-refractivity contribution >= 4 is 0 Å². The molecule has 1 aromatic rings. The van der Waals surface area contributed by atoms with E-state index in [4.69, 9.17) is 10.5 Å². The summed E-state index contributed by atoms with van der Waals surface area (Å²) in [5, 5.41) is 0. The highest BCUT2D eigenvalue weighted by atomic mass is 19.1. The summed E-state index contributed by atoms with van der Waals surface area (Å²) in [4.78, 5) is 0. The second kappa shape index (κ2) is 5.24. The van der Waals surface area contributed by atoms with Crippen molar-refractivity contribution in [2.45, 2.75) is 32.9 Å². The predicted molar refractivity (Wildman–Crippen MR) is 59.2 cm³/mol. The van der Waals surface area contributed by atoms with Crippen LogP contribution in [0.3, 0.4) is 0 Å². The molecule has 2 N–H and O–H groups in total. The van der Waals surface area contributed by atoms with Gasteiger partial charge < -0.3 is 10.5 Å². The molecular weight excluding hydrogens is 193 g/mol. The van der Waals surface area contributed by atoms with Crippen molar-refractivity contribution in [3.63, 3.8) is 0 Å². The van der Waals surface area contributed by atoms with Crippen LogP contribution in [0, 0.1) is 12.7 Å². The number of ether oxygens (including phenoxy) is 1. The van der Waals surface area contributed by atoms with E-state index in [0.29, 0.717) is 12.2 Å². The topological polar surface area (TPSA) is 35.2 Å². The molecule has 84 valence electrons. The largest absolute Gasteiger partial charge is 0.377 e. The Labute approximate surface area is 90.2 Å². The molecule has 2 nitrogen and oxygen atoms in total. The predicted octanol–water partition coefficient (Wildman–Crippen LogP) is 2.56. The van der Waals surface area contributed by atoms with Crippen molar-refractivity contribution in [1.82, 2.24) is 0 Å². The average Bonchev–Trinajstić information content (AvgIpc) is 2.18. The maximum absolute atomic E-state index is 13.0. The van der Waals surface area contributed by atoms with E-state index in [1.54, 1.807) is 19.1 Å². The minimum atomic E-state index is -0.198. The lowest BCUT2D eigenvalue weighted by Crippen LogP contribution is -2.19. The number of benzene rings is 1. The van der Waals surface area contributed by atoms with E-state index < -0.39 is 0 Å². The summed E-state index contributed by atoms with van der Waals surface area (Å²) in [6, 6.07) is 4.73. The van der Waals surface area contributed by atoms with Gasteiger partial charge in [0.05, 0.1) is 18.8 Å². The third-order valence-electron chi connectivity index (χ3n) is 2.22. The van der Waals surface area contributed by atoms with Crippen molar-refractivity contribution in [3.05, 3.63) is 35.1 Å². The number of nitrogens with two attached hydrogens (primary N) is 1. The molecule has 0 aliphatic rings. The molecule has 0 aliphatic heterocycles. The summed E-state index contributed by atoms with van der Waals surface area (Å²) in [5.74, 6) is -0.198. The Morgan fingerprint density at radius 1 is 1.40 bits per heavy atom. The first-order valence-electron chi connectivity index (χ1n) is 5.14. The molecule has 0 saturated carbocycles. The molecule has 1 rings (SSSR count). The van der Waals surface area contributed by atoms with Crippen LogP contribution in [0.15, 0.2) is 18.2 Å².